The molecule has 2 aromatic carbocycles. The molecule has 3 rings (SSSR count). The minimum absolute atomic E-state index is 0.0123. The number of ketones is 1. The third-order valence-corrected chi connectivity index (χ3v) is 3.50. The lowest BCUT2D eigenvalue weighted by Crippen LogP contribution is -2.04. The van der Waals surface area contributed by atoms with Crippen LogP contribution in [0.2, 0.25) is 0 Å². The van der Waals surface area contributed by atoms with Gasteiger partial charge in [0.05, 0.1) is 14.2 Å². The molecule has 114 valence electrons. The highest BCUT2D eigenvalue weighted by molar-refractivity contribution is 5.98. The minimum atomic E-state index is -0.0123. The van der Waals surface area contributed by atoms with Crippen molar-refractivity contribution in [3.8, 4) is 23.0 Å². The van der Waals surface area contributed by atoms with Gasteiger partial charge in [0.15, 0.2) is 17.3 Å². The molecule has 1 aliphatic rings. The summed E-state index contributed by atoms with van der Waals surface area (Å²) in [6, 6.07) is 10.8. The lowest BCUT2D eigenvalue weighted by Gasteiger charge is -2.08. The van der Waals surface area contributed by atoms with Gasteiger partial charge in [-0.3, -0.25) is 4.79 Å². The fourth-order valence-electron chi connectivity index (χ4n) is 2.32. The summed E-state index contributed by atoms with van der Waals surface area (Å²) in [5.74, 6) is 2.34. The Labute approximate surface area is 128 Å². The lowest BCUT2D eigenvalue weighted by atomic mass is 10.0. The number of carbonyl (C=O) groups excluding carboxylic acids is 1. The average Bonchev–Trinajstić information content (AvgIpc) is 3.03. The number of hydrogen-bond donors (Lipinski definition) is 0. The number of Topliss-reactive ketones (excluding diaryl/α,β-unsaturated/α-hetero) is 1. The van der Waals surface area contributed by atoms with E-state index in [4.69, 9.17) is 18.9 Å². The standard InChI is InChI=1S/C17H16O5/c1-19-13-5-3-11(4-6-13)7-14(18)12-8-15(20-2)17-16(9-12)21-10-22-17/h3-6,8-9H,7,10H2,1-2H3. The van der Waals surface area contributed by atoms with Gasteiger partial charge in [-0.25, -0.2) is 0 Å². The number of ether oxygens (including phenoxy) is 4. The zero-order valence-corrected chi connectivity index (χ0v) is 12.4. The van der Waals surface area contributed by atoms with Gasteiger partial charge < -0.3 is 18.9 Å². The maximum Gasteiger partial charge on any atom is 0.231 e. The van der Waals surface area contributed by atoms with Crippen LogP contribution in [0.4, 0.5) is 0 Å². The van der Waals surface area contributed by atoms with E-state index in [1.54, 1.807) is 19.2 Å². The Morgan fingerprint density at radius 2 is 1.86 bits per heavy atom. The fourth-order valence-corrected chi connectivity index (χ4v) is 2.32. The van der Waals surface area contributed by atoms with Crippen molar-refractivity contribution in [2.75, 3.05) is 21.0 Å². The van der Waals surface area contributed by atoms with Crippen LogP contribution in [-0.2, 0) is 6.42 Å². The van der Waals surface area contributed by atoms with Crippen LogP contribution in [-0.4, -0.2) is 26.8 Å². The van der Waals surface area contributed by atoms with E-state index in [2.05, 4.69) is 0 Å². The summed E-state index contributed by atoms with van der Waals surface area (Å²) >= 11 is 0. The van der Waals surface area contributed by atoms with Crippen molar-refractivity contribution in [3.05, 3.63) is 47.5 Å². The van der Waals surface area contributed by atoms with Gasteiger partial charge in [0.25, 0.3) is 0 Å². The highest BCUT2D eigenvalue weighted by Crippen LogP contribution is 2.42. The smallest absolute Gasteiger partial charge is 0.231 e. The second-order valence-corrected chi connectivity index (χ2v) is 4.86. The molecule has 2 aromatic rings. The second kappa shape index (κ2) is 5.97. The van der Waals surface area contributed by atoms with Crippen LogP contribution >= 0.6 is 0 Å². The molecule has 0 aliphatic carbocycles. The summed E-state index contributed by atoms with van der Waals surface area (Å²) in [5.41, 5.74) is 1.46. The number of methoxy groups -OCH3 is 2. The lowest BCUT2D eigenvalue weighted by molar-refractivity contribution is 0.0992. The van der Waals surface area contributed by atoms with Crippen molar-refractivity contribution in [1.29, 1.82) is 0 Å². The SMILES string of the molecule is COc1ccc(CC(=O)c2cc(OC)c3c(c2)OCO3)cc1. The van der Waals surface area contributed by atoms with Gasteiger partial charge in [-0.15, -0.1) is 0 Å². The molecule has 22 heavy (non-hydrogen) atoms. The molecular formula is C17H16O5. The topological polar surface area (TPSA) is 54.0 Å². The Bertz CT molecular complexity index is 691. The third-order valence-electron chi connectivity index (χ3n) is 3.50. The van der Waals surface area contributed by atoms with Crippen molar-refractivity contribution in [1.82, 2.24) is 0 Å². The maximum absolute atomic E-state index is 12.5. The van der Waals surface area contributed by atoms with E-state index in [1.807, 2.05) is 24.3 Å². The normalized spacial score (nSPS) is 12.1. The quantitative estimate of drug-likeness (QED) is 0.795. The Morgan fingerprint density at radius 3 is 2.55 bits per heavy atom. The van der Waals surface area contributed by atoms with E-state index in [0.29, 0.717) is 29.2 Å². The molecule has 0 radical (unpaired) electrons. The number of hydrogen-bond acceptors (Lipinski definition) is 5. The van der Waals surface area contributed by atoms with Crippen molar-refractivity contribution in [3.63, 3.8) is 0 Å². The Kier molecular flexibility index (Phi) is 3.87. The van der Waals surface area contributed by atoms with E-state index < -0.39 is 0 Å². The van der Waals surface area contributed by atoms with Gasteiger partial charge >= 0.3 is 0 Å². The van der Waals surface area contributed by atoms with Gasteiger partial charge in [0.1, 0.15) is 5.75 Å². The first-order chi connectivity index (χ1) is 10.7. The molecule has 0 spiro atoms. The molecule has 0 atom stereocenters. The van der Waals surface area contributed by atoms with Crippen molar-refractivity contribution >= 4 is 5.78 Å². The molecule has 5 nitrogen and oxygen atoms in total. The molecule has 0 fully saturated rings. The van der Waals surface area contributed by atoms with E-state index in [-0.39, 0.29) is 12.6 Å². The number of fused-ring (bicyclic) bond motifs is 1. The van der Waals surface area contributed by atoms with Crippen molar-refractivity contribution in [2.45, 2.75) is 6.42 Å². The fraction of sp³-hybridized carbons (Fsp3) is 0.235. The predicted molar refractivity (Wildman–Crippen MR) is 80.1 cm³/mol. The van der Waals surface area contributed by atoms with Crippen LogP contribution in [0.15, 0.2) is 36.4 Å². The van der Waals surface area contributed by atoms with Gasteiger partial charge in [-0.1, -0.05) is 12.1 Å². The predicted octanol–water partition coefficient (Wildman–Crippen LogP) is 2.86. The largest absolute Gasteiger partial charge is 0.497 e. The van der Waals surface area contributed by atoms with Crippen LogP contribution in [0.1, 0.15) is 15.9 Å². The molecule has 0 aromatic heterocycles. The van der Waals surface area contributed by atoms with E-state index in [1.165, 1.54) is 7.11 Å². The summed E-state index contributed by atoms with van der Waals surface area (Å²) in [5, 5.41) is 0. The Morgan fingerprint density at radius 1 is 1.09 bits per heavy atom. The molecule has 1 aliphatic heterocycles. The maximum atomic E-state index is 12.5. The molecule has 0 saturated heterocycles. The molecule has 0 saturated carbocycles. The number of carbonyl (C=O) groups is 1. The average molecular weight is 300 g/mol. The highest BCUT2D eigenvalue weighted by atomic mass is 16.7. The van der Waals surface area contributed by atoms with E-state index in [0.717, 1.165) is 11.3 Å². The van der Waals surface area contributed by atoms with Crippen molar-refractivity contribution < 1.29 is 23.7 Å². The summed E-state index contributed by atoms with van der Waals surface area (Å²) in [7, 11) is 3.15. The minimum Gasteiger partial charge on any atom is -0.497 e. The Balaban J connectivity index is 1.82. The van der Waals surface area contributed by atoms with Gasteiger partial charge in [0, 0.05) is 12.0 Å². The zero-order valence-electron chi connectivity index (χ0n) is 12.4. The van der Waals surface area contributed by atoms with Gasteiger partial charge in [-0.05, 0) is 29.8 Å². The summed E-state index contributed by atoms with van der Waals surface area (Å²) in [4.78, 5) is 12.5. The monoisotopic (exact) mass is 300 g/mol. The molecule has 0 N–H and O–H groups in total. The van der Waals surface area contributed by atoms with E-state index >= 15 is 0 Å². The third kappa shape index (κ3) is 2.70. The van der Waals surface area contributed by atoms with Crippen LogP contribution in [0.5, 0.6) is 23.0 Å². The first kappa shape index (κ1) is 14.3. The molecule has 0 bridgehead atoms. The zero-order chi connectivity index (χ0) is 15.5. The van der Waals surface area contributed by atoms with E-state index in [9.17, 15) is 4.79 Å². The number of rotatable bonds is 5. The van der Waals surface area contributed by atoms with Gasteiger partial charge in [0.2, 0.25) is 12.5 Å². The molecule has 0 unspecified atom stereocenters. The van der Waals surface area contributed by atoms with Crippen LogP contribution in [0.3, 0.4) is 0 Å². The molecule has 5 heteroatoms. The summed E-state index contributed by atoms with van der Waals surface area (Å²) < 4.78 is 21.0. The van der Waals surface area contributed by atoms with Crippen LogP contribution in [0.25, 0.3) is 0 Å². The van der Waals surface area contributed by atoms with Crippen LogP contribution in [0, 0.1) is 0 Å². The second-order valence-electron chi connectivity index (χ2n) is 4.86. The Hall–Kier alpha value is -2.69. The molecular weight excluding hydrogens is 284 g/mol. The van der Waals surface area contributed by atoms with Gasteiger partial charge in [-0.2, -0.15) is 0 Å². The van der Waals surface area contributed by atoms with Crippen LogP contribution < -0.4 is 18.9 Å². The summed E-state index contributed by atoms with van der Waals surface area (Å²) in [6.45, 7) is 0.141. The molecule has 1 heterocycles. The van der Waals surface area contributed by atoms with Crippen molar-refractivity contribution in [2.24, 2.45) is 0 Å². The molecule has 0 amide bonds. The first-order valence-electron chi connectivity index (χ1n) is 6.85. The summed E-state index contributed by atoms with van der Waals surface area (Å²) in [6.07, 6.45) is 0.298. The first-order valence-corrected chi connectivity index (χ1v) is 6.85. The number of benzene rings is 2. The highest BCUT2D eigenvalue weighted by Gasteiger charge is 2.22.